The Morgan fingerprint density at radius 1 is 0.829 bits per heavy atom. The van der Waals surface area contributed by atoms with Gasteiger partial charge in [0, 0.05) is 5.56 Å². The molecule has 0 saturated carbocycles. The first kappa shape index (κ1) is 26.3. The van der Waals surface area contributed by atoms with Crippen LogP contribution in [0.1, 0.15) is 87.1 Å². The molecule has 0 heterocycles. The zero-order chi connectivity index (χ0) is 25.7. The Balaban J connectivity index is 2.05. The number of ether oxygens (including phenoxy) is 1. The molecule has 35 heavy (non-hydrogen) atoms. The minimum Gasteiger partial charge on any atom is -0.508 e. The van der Waals surface area contributed by atoms with Crippen LogP contribution in [0, 0.1) is 6.92 Å². The smallest absolute Gasteiger partial charge is 0.265 e. The second-order valence-corrected chi connectivity index (χ2v) is 10.2. The Morgan fingerprint density at radius 2 is 1.43 bits per heavy atom. The van der Waals surface area contributed by atoms with Crippen LogP contribution < -0.4 is 9.64 Å². The summed E-state index contributed by atoms with van der Waals surface area (Å²) < 4.78 is 6.16. The fraction of sp³-hybridized carbons (Fsp3) is 0.387. The van der Waals surface area contributed by atoms with Crippen molar-refractivity contribution in [3.05, 3.63) is 88.5 Å². The molecule has 3 aromatic carbocycles. The van der Waals surface area contributed by atoms with Crippen LogP contribution in [0.15, 0.2) is 60.7 Å². The van der Waals surface area contributed by atoms with E-state index in [9.17, 15) is 9.90 Å². The van der Waals surface area contributed by atoms with E-state index in [4.69, 9.17) is 4.74 Å². The Morgan fingerprint density at radius 3 is 2.00 bits per heavy atom. The number of hydrogen-bond donors (Lipinski definition) is 1. The summed E-state index contributed by atoms with van der Waals surface area (Å²) in [6.45, 7) is 15.0. The number of anilines is 1. The summed E-state index contributed by atoms with van der Waals surface area (Å²) in [4.78, 5) is 15.7. The Hall–Kier alpha value is -3.27. The van der Waals surface area contributed by atoms with E-state index >= 15 is 0 Å². The molecule has 0 fully saturated rings. The minimum atomic E-state index is -0.139. The number of carbonyl (C=O) groups is 1. The molecule has 0 bridgehead atoms. The summed E-state index contributed by atoms with van der Waals surface area (Å²) in [7, 11) is 0. The van der Waals surface area contributed by atoms with E-state index in [-0.39, 0.29) is 42.6 Å². The first-order chi connectivity index (χ1) is 16.6. The number of phenolic OH excluding ortho intramolecular Hbond substituents is 1. The third-order valence-electron chi connectivity index (χ3n) is 6.38. The number of aromatic hydroxyl groups is 1. The van der Waals surface area contributed by atoms with Gasteiger partial charge in [-0.25, -0.2) is 0 Å². The zero-order valence-electron chi connectivity index (χ0n) is 22.1. The average molecular weight is 474 g/mol. The fourth-order valence-electron chi connectivity index (χ4n) is 4.39. The number of rotatable bonds is 9. The molecule has 0 aliphatic rings. The number of phenols is 1. The summed E-state index contributed by atoms with van der Waals surface area (Å²) >= 11 is 0. The van der Waals surface area contributed by atoms with Gasteiger partial charge in [-0.1, -0.05) is 90.1 Å². The van der Waals surface area contributed by atoms with E-state index in [2.05, 4.69) is 71.9 Å². The second-order valence-electron chi connectivity index (χ2n) is 10.2. The zero-order valence-corrected chi connectivity index (χ0v) is 22.1. The van der Waals surface area contributed by atoms with Gasteiger partial charge < -0.3 is 14.7 Å². The number of carbonyl (C=O) groups excluding carboxylic acids is 1. The van der Waals surface area contributed by atoms with Gasteiger partial charge in [0.25, 0.3) is 5.91 Å². The summed E-state index contributed by atoms with van der Waals surface area (Å²) in [5.74, 6) is 1.53. The van der Waals surface area contributed by atoms with E-state index in [0.29, 0.717) is 5.56 Å². The van der Waals surface area contributed by atoms with Gasteiger partial charge in [0.2, 0.25) is 0 Å². The van der Waals surface area contributed by atoms with Crippen LogP contribution in [0.4, 0.5) is 5.69 Å². The molecule has 186 valence electrons. The molecule has 0 aliphatic heterocycles. The van der Waals surface area contributed by atoms with Crippen molar-refractivity contribution in [2.45, 2.75) is 72.8 Å². The standard InChI is InChI=1S/C31H39NO3/c1-20(2)25-16-15-23(7)17-29(25)35-19-30(34)32(18-24-11-8-9-14-28(24)33)31-26(21(3)4)12-10-13-27(31)22(5)6/h8-17,20-22,33H,18-19H2,1-7H3. The van der Waals surface area contributed by atoms with E-state index in [0.717, 1.165) is 33.7 Å². The van der Waals surface area contributed by atoms with Crippen molar-refractivity contribution >= 4 is 11.6 Å². The highest BCUT2D eigenvalue weighted by atomic mass is 16.5. The van der Waals surface area contributed by atoms with Crippen LogP contribution in [-0.2, 0) is 11.3 Å². The highest BCUT2D eigenvalue weighted by Crippen LogP contribution is 2.37. The number of nitrogens with zero attached hydrogens (tertiary/aromatic N) is 1. The molecule has 4 nitrogen and oxygen atoms in total. The predicted molar refractivity (Wildman–Crippen MR) is 145 cm³/mol. The topological polar surface area (TPSA) is 49.8 Å². The molecule has 0 saturated heterocycles. The molecule has 3 rings (SSSR count). The molecule has 3 aromatic rings. The SMILES string of the molecule is Cc1ccc(C(C)C)c(OCC(=O)N(Cc2ccccc2O)c2c(C(C)C)cccc2C(C)C)c1. The molecule has 0 aromatic heterocycles. The largest absolute Gasteiger partial charge is 0.508 e. The van der Waals surface area contributed by atoms with E-state index in [1.54, 1.807) is 17.0 Å². The molecule has 0 radical (unpaired) electrons. The molecule has 0 aliphatic carbocycles. The molecule has 0 spiro atoms. The lowest BCUT2D eigenvalue weighted by Crippen LogP contribution is -2.36. The Kier molecular flexibility index (Phi) is 8.61. The number of aryl methyl sites for hydroxylation is 1. The van der Waals surface area contributed by atoms with E-state index in [1.807, 2.05) is 25.1 Å². The first-order valence-corrected chi connectivity index (χ1v) is 12.5. The van der Waals surface area contributed by atoms with Gasteiger partial charge in [0.15, 0.2) is 6.61 Å². The van der Waals surface area contributed by atoms with Gasteiger partial charge in [-0.15, -0.1) is 0 Å². The Labute approximate surface area is 210 Å². The monoisotopic (exact) mass is 473 g/mol. The minimum absolute atomic E-state index is 0.0826. The van der Waals surface area contributed by atoms with Gasteiger partial charge in [0.1, 0.15) is 11.5 Å². The number of para-hydroxylation sites is 2. The second kappa shape index (κ2) is 11.4. The average Bonchev–Trinajstić information content (AvgIpc) is 2.81. The van der Waals surface area contributed by atoms with Gasteiger partial charge in [-0.3, -0.25) is 4.79 Å². The summed E-state index contributed by atoms with van der Waals surface area (Å²) in [6, 6.07) is 19.6. The van der Waals surface area contributed by atoms with Crippen molar-refractivity contribution in [2.24, 2.45) is 0 Å². The lowest BCUT2D eigenvalue weighted by atomic mass is 9.91. The van der Waals surface area contributed by atoms with Crippen molar-refractivity contribution in [1.29, 1.82) is 0 Å². The van der Waals surface area contributed by atoms with Crippen LogP contribution in [-0.4, -0.2) is 17.6 Å². The normalized spacial score (nSPS) is 11.4. The van der Waals surface area contributed by atoms with E-state index in [1.165, 1.54) is 0 Å². The number of benzene rings is 3. The molecular weight excluding hydrogens is 434 g/mol. The lowest BCUT2D eigenvalue weighted by Gasteiger charge is -2.30. The molecule has 4 heteroatoms. The molecular formula is C31H39NO3. The van der Waals surface area contributed by atoms with E-state index < -0.39 is 0 Å². The number of amides is 1. The van der Waals surface area contributed by atoms with Crippen LogP contribution in [0.3, 0.4) is 0 Å². The van der Waals surface area contributed by atoms with Crippen molar-refractivity contribution in [2.75, 3.05) is 11.5 Å². The maximum atomic E-state index is 13.9. The van der Waals surface area contributed by atoms with Crippen molar-refractivity contribution in [3.63, 3.8) is 0 Å². The lowest BCUT2D eigenvalue weighted by molar-refractivity contribution is -0.120. The van der Waals surface area contributed by atoms with Crippen LogP contribution in [0.2, 0.25) is 0 Å². The van der Waals surface area contributed by atoms with Crippen molar-refractivity contribution < 1.29 is 14.6 Å². The third kappa shape index (κ3) is 6.25. The molecule has 1 amide bonds. The van der Waals surface area contributed by atoms with Gasteiger partial charge >= 0.3 is 0 Å². The predicted octanol–water partition coefficient (Wildman–Crippen LogP) is 7.68. The van der Waals surface area contributed by atoms with Gasteiger partial charge in [0.05, 0.1) is 12.2 Å². The highest BCUT2D eigenvalue weighted by molar-refractivity contribution is 5.96. The highest BCUT2D eigenvalue weighted by Gasteiger charge is 2.26. The van der Waals surface area contributed by atoms with Crippen LogP contribution in [0.5, 0.6) is 11.5 Å². The van der Waals surface area contributed by atoms with Gasteiger partial charge in [-0.2, -0.15) is 0 Å². The third-order valence-corrected chi connectivity index (χ3v) is 6.38. The number of hydrogen-bond acceptors (Lipinski definition) is 3. The molecule has 0 unspecified atom stereocenters. The summed E-state index contributed by atoms with van der Waals surface area (Å²) in [6.07, 6.45) is 0. The molecule has 0 atom stereocenters. The maximum absolute atomic E-state index is 13.9. The molecule has 1 N–H and O–H groups in total. The maximum Gasteiger partial charge on any atom is 0.265 e. The summed E-state index contributed by atoms with van der Waals surface area (Å²) in [5.41, 5.74) is 6.02. The van der Waals surface area contributed by atoms with Crippen molar-refractivity contribution in [3.8, 4) is 11.5 Å². The van der Waals surface area contributed by atoms with Crippen LogP contribution in [0.25, 0.3) is 0 Å². The van der Waals surface area contributed by atoms with Gasteiger partial charge in [-0.05, 0) is 59.1 Å². The van der Waals surface area contributed by atoms with Crippen molar-refractivity contribution in [1.82, 2.24) is 0 Å². The summed E-state index contributed by atoms with van der Waals surface area (Å²) in [5, 5.41) is 10.5. The first-order valence-electron chi connectivity index (χ1n) is 12.5. The van der Waals surface area contributed by atoms with Crippen LogP contribution >= 0.6 is 0 Å². The quantitative estimate of drug-likeness (QED) is 0.347. The fourth-order valence-corrected chi connectivity index (χ4v) is 4.39. The Bertz CT molecular complexity index is 1140.